The molecule has 1 aliphatic carbocycles. The first-order valence-electron chi connectivity index (χ1n) is 5.74. The second kappa shape index (κ2) is 4.92. The summed E-state index contributed by atoms with van der Waals surface area (Å²) in [4.78, 5) is 0. The van der Waals surface area contributed by atoms with E-state index in [1.807, 2.05) is 33.8 Å². The van der Waals surface area contributed by atoms with E-state index in [2.05, 4.69) is 0 Å². The molecule has 1 aliphatic rings. The van der Waals surface area contributed by atoms with E-state index in [1.165, 1.54) is 0 Å². The molecule has 0 aromatic rings. The van der Waals surface area contributed by atoms with Crippen LogP contribution in [0.25, 0.3) is 0 Å². The molecule has 17 heavy (non-hydrogen) atoms. The van der Waals surface area contributed by atoms with Gasteiger partial charge < -0.3 is 10.7 Å². The molecule has 0 unspecified atom stereocenters. The van der Waals surface area contributed by atoms with Crippen molar-refractivity contribution in [3.05, 3.63) is 34.7 Å². The molecule has 1 rings (SSSR count). The summed E-state index contributed by atoms with van der Waals surface area (Å²) in [7, 11) is 0. The fourth-order valence-electron chi connectivity index (χ4n) is 1.60. The third kappa shape index (κ3) is 3.09. The first-order chi connectivity index (χ1) is 7.77. The molecular weight excluding hydrogens is 217 g/mol. The zero-order valence-corrected chi connectivity index (χ0v) is 11.0. The zero-order valence-electron chi connectivity index (χ0n) is 11.0. The maximum Gasteiger partial charge on any atom is 0.115 e. The lowest BCUT2D eigenvalue weighted by Gasteiger charge is -2.34. The number of halogens is 1. The Labute approximate surface area is 103 Å². The van der Waals surface area contributed by atoms with E-state index in [4.69, 9.17) is 11.6 Å². The molecule has 0 radical (unpaired) electrons. The minimum atomic E-state index is -0.503. The van der Waals surface area contributed by atoms with E-state index < -0.39 is 6.67 Å². The minimum Gasteiger partial charge on any atom is -0.400 e. The van der Waals surface area contributed by atoms with Crippen molar-refractivity contribution >= 4 is 0 Å². The highest BCUT2D eigenvalue weighted by Crippen LogP contribution is 2.25. The average molecular weight is 239 g/mol. The lowest BCUT2D eigenvalue weighted by Crippen LogP contribution is -2.46. The van der Waals surface area contributed by atoms with Crippen LogP contribution < -0.4 is 11.6 Å². The van der Waals surface area contributed by atoms with Gasteiger partial charge in [-0.05, 0) is 44.9 Å². The molecule has 0 saturated heterocycles. The Morgan fingerprint density at radius 2 is 2.00 bits per heavy atom. The van der Waals surface area contributed by atoms with Gasteiger partial charge in [0.05, 0.1) is 5.70 Å². The predicted molar refractivity (Wildman–Crippen MR) is 69.4 cm³/mol. The number of rotatable bonds is 2. The van der Waals surface area contributed by atoms with Crippen LogP contribution in [0.5, 0.6) is 0 Å². The molecule has 0 spiro atoms. The van der Waals surface area contributed by atoms with Crippen molar-refractivity contribution < 1.29 is 4.39 Å². The molecule has 3 nitrogen and oxygen atoms in total. The van der Waals surface area contributed by atoms with Gasteiger partial charge in [0.25, 0.3) is 0 Å². The Bertz CT molecular complexity index is 386. The quantitative estimate of drug-likeness (QED) is 0.574. The Kier molecular flexibility index (Phi) is 3.98. The number of hydrogen-bond donors (Lipinski definition) is 2. The average Bonchev–Trinajstić information content (AvgIpc) is 2.37. The second-order valence-corrected chi connectivity index (χ2v) is 5.35. The number of hydrazine groups is 1. The summed E-state index contributed by atoms with van der Waals surface area (Å²) < 4.78 is 12.9. The molecular formula is C13H22FN3. The van der Waals surface area contributed by atoms with Gasteiger partial charge in [-0.2, -0.15) is 0 Å². The molecule has 0 aromatic heterocycles. The SMILES string of the molecule is CC1=CCC(N)=C(N(N)C(C)(C)C)C=C1CF. The monoisotopic (exact) mass is 239 g/mol. The third-order valence-corrected chi connectivity index (χ3v) is 2.90. The zero-order chi connectivity index (χ0) is 13.2. The Morgan fingerprint density at radius 3 is 2.47 bits per heavy atom. The normalized spacial score (nSPS) is 17.5. The van der Waals surface area contributed by atoms with Gasteiger partial charge in [-0.15, -0.1) is 0 Å². The lowest BCUT2D eigenvalue weighted by molar-refractivity contribution is 0.193. The Balaban J connectivity index is 3.18. The van der Waals surface area contributed by atoms with E-state index in [0.717, 1.165) is 5.57 Å². The van der Waals surface area contributed by atoms with Crippen molar-refractivity contribution in [1.82, 2.24) is 5.01 Å². The van der Waals surface area contributed by atoms with Crippen molar-refractivity contribution in [1.29, 1.82) is 0 Å². The largest absolute Gasteiger partial charge is 0.400 e. The van der Waals surface area contributed by atoms with Crippen LogP contribution in [0.1, 0.15) is 34.1 Å². The molecule has 4 N–H and O–H groups in total. The first kappa shape index (κ1) is 13.8. The van der Waals surface area contributed by atoms with Crippen molar-refractivity contribution in [3.63, 3.8) is 0 Å². The Morgan fingerprint density at radius 1 is 1.41 bits per heavy atom. The summed E-state index contributed by atoms with van der Waals surface area (Å²) in [5, 5.41) is 1.60. The molecule has 0 heterocycles. The molecule has 0 aromatic carbocycles. The molecule has 0 atom stereocenters. The van der Waals surface area contributed by atoms with E-state index in [-0.39, 0.29) is 5.54 Å². The van der Waals surface area contributed by atoms with Crippen LogP contribution in [0.3, 0.4) is 0 Å². The minimum absolute atomic E-state index is 0.254. The van der Waals surface area contributed by atoms with Crippen LogP contribution in [0.15, 0.2) is 34.7 Å². The second-order valence-electron chi connectivity index (χ2n) is 5.35. The maximum atomic E-state index is 12.9. The fourth-order valence-corrected chi connectivity index (χ4v) is 1.60. The number of hydrogen-bond acceptors (Lipinski definition) is 3. The molecule has 0 fully saturated rings. The van der Waals surface area contributed by atoms with Gasteiger partial charge in [-0.3, -0.25) is 0 Å². The fraction of sp³-hybridized carbons (Fsp3) is 0.538. The number of nitrogens with zero attached hydrogens (tertiary/aromatic N) is 1. The Hall–Kier alpha value is -1.29. The number of nitrogens with two attached hydrogens (primary N) is 2. The van der Waals surface area contributed by atoms with Gasteiger partial charge >= 0.3 is 0 Å². The first-order valence-corrected chi connectivity index (χ1v) is 5.74. The van der Waals surface area contributed by atoms with Crippen LogP contribution >= 0.6 is 0 Å². The summed E-state index contributed by atoms with van der Waals surface area (Å²) in [5.41, 5.74) is 8.69. The van der Waals surface area contributed by atoms with Crippen LogP contribution in [0, 0.1) is 0 Å². The van der Waals surface area contributed by atoms with E-state index in [1.54, 1.807) is 11.1 Å². The van der Waals surface area contributed by atoms with Gasteiger partial charge in [0.15, 0.2) is 0 Å². The summed E-state index contributed by atoms with van der Waals surface area (Å²) in [6.07, 6.45) is 4.29. The molecule has 96 valence electrons. The predicted octanol–water partition coefficient (Wildman–Crippen LogP) is 2.38. The molecule has 0 amide bonds. The van der Waals surface area contributed by atoms with Crippen LogP contribution in [-0.4, -0.2) is 17.2 Å². The maximum absolute atomic E-state index is 12.9. The van der Waals surface area contributed by atoms with Crippen LogP contribution in [0.4, 0.5) is 4.39 Å². The highest BCUT2D eigenvalue weighted by Gasteiger charge is 2.22. The lowest BCUT2D eigenvalue weighted by atomic mass is 10.1. The summed E-state index contributed by atoms with van der Waals surface area (Å²) >= 11 is 0. The van der Waals surface area contributed by atoms with E-state index in [0.29, 0.717) is 23.4 Å². The number of alkyl halides is 1. The molecule has 0 bridgehead atoms. The van der Waals surface area contributed by atoms with Gasteiger partial charge in [-0.25, -0.2) is 10.2 Å². The molecule has 0 aliphatic heterocycles. The molecule has 0 saturated carbocycles. The summed E-state index contributed by atoms with van der Waals surface area (Å²) in [6, 6.07) is 0. The smallest absolute Gasteiger partial charge is 0.115 e. The number of allylic oxidation sites excluding steroid dienone is 4. The van der Waals surface area contributed by atoms with Crippen molar-refractivity contribution in [2.75, 3.05) is 6.67 Å². The van der Waals surface area contributed by atoms with Crippen LogP contribution in [-0.2, 0) is 0 Å². The topological polar surface area (TPSA) is 55.3 Å². The van der Waals surface area contributed by atoms with Gasteiger partial charge in [0.2, 0.25) is 0 Å². The van der Waals surface area contributed by atoms with E-state index in [9.17, 15) is 4.39 Å². The summed E-state index contributed by atoms with van der Waals surface area (Å²) in [6.45, 7) is 7.35. The summed E-state index contributed by atoms with van der Waals surface area (Å²) in [5.74, 6) is 6.05. The van der Waals surface area contributed by atoms with Crippen molar-refractivity contribution in [3.8, 4) is 0 Å². The van der Waals surface area contributed by atoms with Gasteiger partial charge in [-0.1, -0.05) is 6.08 Å². The van der Waals surface area contributed by atoms with Gasteiger partial charge in [0, 0.05) is 17.7 Å². The third-order valence-electron chi connectivity index (χ3n) is 2.90. The highest BCUT2D eigenvalue weighted by molar-refractivity contribution is 5.41. The molecule has 4 heteroatoms. The highest BCUT2D eigenvalue weighted by atomic mass is 19.1. The van der Waals surface area contributed by atoms with Crippen molar-refractivity contribution in [2.24, 2.45) is 11.6 Å². The van der Waals surface area contributed by atoms with Crippen LogP contribution in [0.2, 0.25) is 0 Å². The van der Waals surface area contributed by atoms with Crippen molar-refractivity contribution in [2.45, 2.75) is 39.7 Å². The standard InChI is InChI=1S/C13H22FN3/c1-9-5-6-11(15)12(7-10(9)8-14)17(16)13(2,3)4/h5,7H,6,8,15-16H2,1-4H3. The van der Waals surface area contributed by atoms with E-state index >= 15 is 0 Å². The van der Waals surface area contributed by atoms with Gasteiger partial charge in [0.1, 0.15) is 6.67 Å².